The smallest absolute Gasteiger partial charge is 0.322 e. The van der Waals surface area contributed by atoms with Crippen LogP contribution >= 0.6 is 0 Å². The van der Waals surface area contributed by atoms with Gasteiger partial charge in [0.25, 0.3) is 0 Å². The monoisotopic (exact) mass is 357 g/mol. The molecule has 0 saturated carbocycles. The number of hydrogen-bond acceptors (Lipinski definition) is 7. The molecule has 2 N–H and O–H groups in total. The van der Waals surface area contributed by atoms with E-state index in [1.807, 2.05) is 0 Å². The van der Waals surface area contributed by atoms with Crippen molar-refractivity contribution in [3.63, 3.8) is 0 Å². The highest BCUT2D eigenvalue weighted by Gasteiger charge is 2.38. The fourth-order valence-corrected chi connectivity index (χ4v) is 2.45. The lowest BCUT2D eigenvalue weighted by Crippen LogP contribution is -2.31. The van der Waals surface area contributed by atoms with Crippen LogP contribution in [0.15, 0.2) is 53.5 Å². The average molecular weight is 357 g/mol. The normalized spacial score (nSPS) is 12.1. The summed E-state index contributed by atoms with van der Waals surface area (Å²) in [6, 6.07) is 11.6. The van der Waals surface area contributed by atoms with Gasteiger partial charge in [-0.05, 0) is 18.2 Å². The predicted octanol–water partition coefficient (Wildman–Crippen LogP) is 2.22. The Morgan fingerprint density at radius 2 is 1.46 bits per heavy atom. The fourth-order valence-electron chi connectivity index (χ4n) is 2.45. The summed E-state index contributed by atoms with van der Waals surface area (Å²) in [6.07, 6.45) is 1.32. The largest absolute Gasteiger partial charge is 0.508 e. The molecule has 0 aromatic heterocycles. The Morgan fingerprint density at radius 3 is 2.00 bits per heavy atom. The molecule has 26 heavy (non-hydrogen) atoms. The first-order chi connectivity index (χ1) is 12.5. The third-order valence-corrected chi connectivity index (χ3v) is 3.79. The van der Waals surface area contributed by atoms with Crippen LogP contribution in [0.4, 0.5) is 0 Å². The molecule has 0 radical (unpaired) electrons. The van der Waals surface area contributed by atoms with Gasteiger partial charge in [0.05, 0.1) is 14.2 Å². The highest BCUT2D eigenvalue weighted by Crippen LogP contribution is 2.34. The molecule has 2 rings (SSSR count). The molecule has 2 aromatic carbocycles. The molecule has 7 heteroatoms. The lowest BCUT2D eigenvalue weighted by molar-refractivity contribution is -0.159. The van der Waals surface area contributed by atoms with Crippen molar-refractivity contribution in [3.8, 4) is 11.5 Å². The molecule has 1 atom stereocenters. The molecule has 0 fully saturated rings. The van der Waals surface area contributed by atoms with Crippen molar-refractivity contribution >= 4 is 18.2 Å². The summed E-state index contributed by atoms with van der Waals surface area (Å²) >= 11 is 0. The van der Waals surface area contributed by atoms with E-state index in [1.54, 1.807) is 36.4 Å². The Labute approximate surface area is 150 Å². The third-order valence-electron chi connectivity index (χ3n) is 3.79. The van der Waals surface area contributed by atoms with E-state index in [9.17, 15) is 19.8 Å². The number of carbonyl (C=O) groups is 2. The third kappa shape index (κ3) is 4.18. The Hall–Kier alpha value is -3.35. The van der Waals surface area contributed by atoms with E-state index in [0.717, 1.165) is 14.2 Å². The quantitative estimate of drug-likeness (QED) is 0.466. The Kier molecular flexibility index (Phi) is 6.32. The van der Waals surface area contributed by atoms with Crippen LogP contribution in [0.5, 0.6) is 11.5 Å². The number of rotatable bonds is 6. The molecule has 0 aliphatic carbocycles. The minimum atomic E-state index is -1.42. The fraction of sp³-hybridized carbons (Fsp3) is 0.211. The molecule has 136 valence electrons. The molecule has 0 saturated heterocycles. The number of benzene rings is 2. The number of ether oxygens (including phenoxy) is 2. The zero-order chi connectivity index (χ0) is 19.1. The van der Waals surface area contributed by atoms with Gasteiger partial charge in [0.2, 0.25) is 0 Å². The Bertz CT molecular complexity index is 801. The van der Waals surface area contributed by atoms with Gasteiger partial charge in [0.1, 0.15) is 17.5 Å². The van der Waals surface area contributed by atoms with E-state index in [2.05, 4.69) is 4.99 Å². The SMILES string of the molecule is COC(=O)C(C(=O)OC)C(N=Cc1ccccc1O)c1ccccc1O. The number of hydrogen-bond donors (Lipinski definition) is 2. The van der Waals surface area contributed by atoms with E-state index in [0.29, 0.717) is 5.56 Å². The Balaban J connectivity index is 2.54. The molecule has 1 unspecified atom stereocenters. The van der Waals surface area contributed by atoms with Gasteiger partial charge in [-0.1, -0.05) is 30.3 Å². The van der Waals surface area contributed by atoms with Gasteiger partial charge >= 0.3 is 11.9 Å². The van der Waals surface area contributed by atoms with E-state index in [-0.39, 0.29) is 17.1 Å². The molecule has 0 aliphatic heterocycles. The molecule has 0 spiro atoms. The van der Waals surface area contributed by atoms with Gasteiger partial charge in [0, 0.05) is 17.3 Å². The first-order valence-corrected chi connectivity index (χ1v) is 7.74. The predicted molar refractivity (Wildman–Crippen MR) is 94.1 cm³/mol. The summed E-state index contributed by atoms with van der Waals surface area (Å²) < 4.78 is 9.42. The van der Waals surface area contributed by atoms with E-state index in [4.69, 9.17) is 9.47 Å². The van der Waals surface area contributed by atoms with Crippen LogP contribution in [-0.2, 0) is 19.1 Å². The summed E-state index contributed by atoms with van der Waals surface area (Å²) in [6.45, 7) is 0. The van der Waals surface area contributed by atoms with Crippen molar-refractivity contribution in [3.05, 3.63) is 59.7 Å². The molecule has 0 aliphatic rings. The lowest BCUT2D eigenvalue weighted by atomic mass is 9.92. The van der Waals surface area contributed by atoms with Crippen LogP contribution in [0.3, 0.4) is 0 Å². The number of carbonyl (C=O) groups excluding carboxylic acids is 2. The number of methoxy groups -OCH3 is 2. The van der Waals surface area contributed by atoms with Crippen molar-refractivity contribution in [1.29, 1.82) is 0 Å². The van der Waals surface area contributed by atoms with Crippen LogP contribution in [0, 0.1) is 5.92 Å². The zero-order valence-electron chi connectivity index (χ0n) is 14.3. The van der Waals surface area contributed by atoms with E-state index < -0.39 is 23.9 Å². The highest BCUT2D eigenvalue weighted by molar-refractivity contribution is 5.96. The Morgan fingerprint density at radius 1 is 0.923 bits per heavy atom. The van der Waals surface area contributed by atoms with Gasteiger partial charge in [-0.15, -0.1) is 0 Å². The number of esters is 2. The van der Waals surface area contributed by atoms with Crippen molar-refractivity contribution in [2.75, 3.05) is 14.2 Å². The second kappa shape index (κ2) is 8.66. The number of aliphatic imine (C=N–C) groups is 1. The number of nitrogens with zero attached hydrogens (tertiary/aromatic N) is 1. The maximum Gasteiger partial charge on any atom is 0.322 e. The van der Waals surface area contributed by atoms with Gasteiger partial charge in [-0.2, -0.15) is 0 Å². The average Bonchev–Trinajstić information content (AvgIpc) is 2.66. The lowest BCUT2D eigenvalue weighted by Gasteiger charge is -2.21. The van der Waals surface area contributed by atoms with Gasteiger partial charge in [-0.25, -0.2) is 0 Å². The second-order valence-electron chi connectivity index (χ2n) is 5.36. The summed E-state index contributed by atoms with van der Waals surface area (Å²) in [4.78, 5) is 28.7. The molecule has 7 nitrogen and oxygen atoms in total. The van der Waals surface area contributed by atoms with Crippen LogP contribution in [0.2, 0.25) is 0 Å². The molecule has 0 bridgehead atoms. The summed E-state index contributed by atoms with van der Waals surface area (Å²) in [5.41, 5.74) is 0.640. The maximum atomic E-state index is 12.2. The first kappa shape index (κ1) is 19.0. The zero-order valence-corrected chi connectivity index (χ0v) is 14.3. The maximum absolute atomic E-state index is 12.2. The summed E-state index contributed by atoms with van der Waals surface area (Å²) in [7, 11) is 2.29. The van der Waals surface area contributed by atoms with Gasteiger partial charge in [0.15, 0.2) is 5.92 Å². The minimum absolute atomic E-state index is 0.0139. The topological polar surface area (TPSA) is 105 Å². The van der Waals surface area contributed by atoms with Crippen LogP contribution in [0.1, 0.15) is 17.2 Å². The van der Waals surface area contributed by atoms with Crippen LogP contribution < -0.4 is 0 Å². The standard InChI is InChI=1S/C19H19NO6/c1-25-18(23)16(19(24)26-2)17(13-8-4-6-10-15(13)22)20-11-12-7-3-5-9-14(12)21/h3-11,16-17,21-22H,1-2H3. The number of phenolic OH excluding ortho intramolecular Hbond substituents is 2. The van der Waals surface area contributed by atoms with Crippen molar-refractivity contribution in [2.24, 2.45) is 10.9 Å². The van der Waals surface area contributed by atoms with Crippen LogP contribution in [-0.4, -0.2) is 42.6 Å². The van der Waals surface area contributed by atoms with Crippen molar-refractivity contribution in [2.45, 2.75) is 6.04 Å². The summed E-state index contributed by atoms with van der Waals surface area (Å²) in [5.74, 6) is -3.26. The molecular formula is C19H19NO6. The summed E-state index contributed by atoms with van der Waals surface area (Å²) in [5, 5.41) is 20.0. The molecule has 0 heterocycles. The van der Waals surface area contributed by atoms with Crippen LogP contribution in [0.25, 0.3) is 0 Å². The molecule has 2 aromatic rings. The number of phenols is 2. The number of aromatic hydroxyl groups is 2. The van der Waals surface area contributed by atoms with Gasteiger partial charge in [-0.3, -0.25) is 14.6 Å². The van der Waals surface area contributed by atoms with E-state index in [1.165, 1.54) is 18.3 Å². The molecule has 0 amide bonds. The first-order valence-electron chi connectivity index (χ1n) is 7.74. The minimum Gasteiger partial charge on any atom is -0.508 e. The van der Waals surface area contributed by atoms with Gasteiger partial charge < -0.3 is 19.7 Å². The van der Waals surface area contributed by atoms with Crippen molar-refractivity contribution in [1.82, 2.24) is 0 Å². The van der Waals surface area contributed by atoms with Crippen molar-refractivity contribution < 1.29 is 29.3 Å². The molecular weight excluding hydrogens is 338 g/mol. The second-order valence-corrected chi connectivity index (χ2v) is 5.36. The number of para-hydroxylation sites is 2. The highest BCUT2D eigenvalue weighted by atomic mass is 16.5. The van der Waals surface area contributed by atoms with E-state index >= 15 is 0 Å².